The maximum absolute atomic E-state index is 13.1. The highest BCUT2D eigenvalue weighted by atomic mass is 32.2. The summed E-state index contributed by atoms with van der Waals surface area (Å²) in [7, 11) is 0. The average Bonchev–Trinajstić information content (AvgIpc) is 2.80. The van der Waals surface area contributed by atoms with E-state index in [1.165, 1.54) is 5.56 Å². The Bertz CT molecular complexity index is 1150. The molecule has 3 aromatic rings. The molecule has 8 heteroatoms. The number of aromatic nitrogens is 2. The predicted octanol–water partition coefficient (Wildman–Crippen LogP) is 3.99. The van der Waals surface area contributed by atoms with Gasteiger partial charge in [-0.3, -0.25) is 19.5 Å². The van der Waals surface area contributed by atoms with Crippen LogP contribution in [-0.4, -0.2) is 33.8 Å². The van der Waals surface area contributed by atoms with Crippen LogP contribution in [0.4, 0.5) is 4.79 Å². The maximum atomic E-state index is 13.1. The second-order valence-electron chi connectivity index (χ2n) is 8.23. The number of nitrogens with one attached hydrogen (secondary N) is 2. The molecule has 0 saturated carbocycles. The molecule has 2 aromatic carbocycles. The standard InChI is InChI=1S/C25H30N4O3S/c1-18(2)14-15-26-24(32)28-22(30)17-33-25-27-21-13-7-6-12-20(21)23(31)29(25)16-8-11-19-9-4-3-5-10-19/h3-7,9-10,12-13,18H,8,11,14-17H2,1-2H3,(H2,26,28,30,32). The normalized spacial score (nSPS) is 11.0. The third-order valence-corrected chi connectivity index (χ3v) is 6.09. The van der Waals surface area contributed by atoms with Crippen molar-refractivity contribution >= 4 is 34.6 Å². The molecule has 0 fully saturated rings. The Kier molecular flexibility index (Phi) is 9.06. The number of nitrogens with zero attached hydrogens (tertiary/aromatic N) is 2. The van der Waals surface area contributed by atoms with Crippen LogP contribution in [0.5, 0.6) is 0 Å². The van der Waals surface area contributed by atoms with E-state index in [0.29, 0.717) is 35.1 Å². The van der Waals surface area contributed by atoms with Crippen molar-refractivity contribution in [2.45, 2.75) is 44.8 Å². The molecule has 0 atom stereocenters. The number of rotatable bonds is 10. The molecular weight excluding hydrogens is 436 g/mol. The number of hydrogen-bond donors (Lipinski definition) is 2. The lowest BCUT2D eigenvalue weighted by molar-refractivity contribution is -0.117. The second-order valence-corrected chi connectivity index (χ2v) is 9.18. The van der Waals surface area contributed by atoms with Gasteiger partial charge in [0.2, 0.25) is 5.91 Å². The zero-order chi connectivity index (χ0) is 23.6. The number of carbonyl (C=O) groups excluding carboxylic acids is 2. The van der Waals surface area contributed by atoms with Crippen molar-refractivity contribution in [3.63, 3.8) is 0 Å². The average molecular weight is 467 g/mol. The fraction of sp³-hybridized carbons (Fsp3) is 0.360. The number of amides is 3. The Balaban J connectivity index is 1.67. The van der Waals surface area contributed by atoms with Crippen molar-refractivity contribution in [1.82, 2.24) is 20.2 Å². The lowest BCUT2D eigenvalue weighted by Crippen LogP contribution is -2.41. The molecule has 0 bridgehead atoms. The minimum absolute atomic E-state index is 0.0128. The van der Waals surface area contributed by atoms with E-state index in [1.54, 1.807) is 16.7 Å². The van der Waals surface area contributed by atoms with Gasteiger partial charge in [0.05, 0.1) is 16.7 Å². The van der Waals surface area contributed by atoms with E-state index in [9.17, 15) is 14.4 Å². The maximum Gasteiger partial charge on any atom is 0.321 e. The third-order valence-electron chi connectivity index (χ3n) is 5.11. The molecule has 174 valence electrons. The molecule has 3 rings (SSSR count). The number of para-hydroxylation sites is 1. The fourth-order valence-corrected chi connectivity index (χ4v) is 4.18. The van der Waals surface area contributed by atoms with Gasteiger partial charge in [-0.1, -0.05) is 68.1 Å². The Morgan fingerprint density at radius 1 is 1.06 bits per heavy atom. The molecule has 33 heavy (non-hydrogen) atoms. The first kappa shape index (κ1) is 24.5. The van der Waals surface area contributed by atoms with Crippen LogP contribution >= 0.6 is 11.8 Å². The number of imide groups is 1. The highest BCUT2D eigenvalue weighted by Crippen LogP contribution is 2.18. The van der Waals surface area contributed by atoms with E-state index in [-0.39, 0.29) is 11.3 Å². The van der Waals surface area contributed by atoms with Crippen LogP contribution in [0, 0.1) is 5.92 Å². The molecule has 3 amide bonds. The Morgan fingerprint density at radius 2 is 1.79 bits per heavy atom. The predicted molar refractivity (Wildman–Crippen MR) is 132 cm³/mol. The largest absolute Gasteiger partial charge is 0.338 e. The zero-order valence-corrected chi connectivity index (χ0v) is 19.9. The van der Waals surface area contributed by atoms with Gasteiger partial charge in [0.25, 0.3) is 5.56 Å². The number of thioether (sulfide) groups is 1. The minimum atomic E-state index is -0.507. The summed E-state index contributed by atoms with van der Waals surface area (Å²) in [4.78, 5) is 41.9. The third kappa shape index (κ3) is 7.46. The number of carbonyl (C=O) groups is 2. The van der Waals surface area contributed by atoms with Gasteiger partial charge in [-0.15, -0.1) is 0 Å². The van der Waals surface area contributed by atoms with Crippen molar-refractivity contribution < 1.29 is 9.59 Å². The van der Waals surface area contributed by atoms with Crippen LogP contribution in [0.3, 0.4) is 0 Å². The lowest BCUT2D eigenvalue weighted by Gasteiger charge is -2.13. The molecule has 0 aliphatic rings. The highest BCUT2D eigenvalue weighted by molar-refractivity contribution is 7.99. The summed E-state index contributed by atoms with van der Waals surface area (Å²) in [6.45, 7) is 5.14. The van der Waals surface area contributed by atoms with Gasteiger partial charge in [-0.25, -0.2) is 9.78 Å². The van der Waals surface area contributed by atoms with Crippen LogP contribution in [0.1, 0.15) is 32.3 Å². The van der Waals surface area contributed by atoms with E-state index in [0.717, 1.165) is 31.0 Å². The molecule has 7 nitrogen and oxygen atoms in total. The van der Waals surface area contributed by atoms with E-state index < -0.39 is 11.9 Å². The van der Waals surface area contributed by atoms with E-state index in [2.05, 4.69) is 41.6 Å². The summed E-state index contributed by atoms with van der Waals surface area (Å²) in [5, 5.41) is 6.04. The number of urea groups is 1. The molecule has 0 saturated heterocycles. The first-order chi connectivity index (χ1) is 15.9. The van der Waals surface area contributed by atoms with Crippen LogP contribution in [0.25, 0.3) is 10.9 Å². The van der Waals surface area contributed by atoms with E-state index in [4.69, 9.17) is 0 Å². The highest BCUT2D eigenvalue weighted by Gasteiger charge is 2.14. The van der Waals surface area contributed by atoms with Crippen molar-refractivity contribution in [2.24, 2.45) is 5.92 Å². The van der Waals surface area contributed by atoms with Crippen LogP contribution in [-0.2, 0) is 17.8 Å². The van der Waals surface area contributed by atoms with Gasteiger partial charge < -0.3 is 5.32 Å². The quantitative estimate of drug-likeness (QED) is 0.348. The summed E-state index contributed by atoms with van der Waals surface area (Å²) in [6, 6.07) is 16.8. The summed E-state index contributed by atoms with van der Waals surface area (Å²) in [5.74, 6) is 0.0237. The minimum Gasteiger partial charge on any atom is -0.338 e. The van der Waals surface area contributed by atoms with Crippen molar-refractivity contribution in [3.05, 3.63) is 70.5 Å². The molecule has 2 N–H and O–H groups in total. The number of fused-ring (bicyclic) bond motifs is 1. The molecule has 0 aliphatic heterocycles. The molecule has 0 aliphatic carbocycles. The van der Waals surface area contributed by atoms with Gasteiger partial charge in [-0.2, -0.15) is 0 Å². The van der Waals surface area contributed by atoms with Crippen molar-refractivity contribution in [3.8, 4) is 0 Å². The Morgan fingerprint density at radius 3 is 2.55 bits per heavy atom. The lowest BCUT2D eigenvalue weighted by atomic mass is 10.1. The number of benzene rings is 2. The first-order valence-corrected chi connectivity index (χ1v) is 12.2. The molecule has 1 heterocycles. The summed E-state index contributed by atoms with van der Waals surface area (Å²) in [6.07, 6.45) is 2.44. The van der Waals surface area contributed by atoms with Gasteiger partial charge >= 0.3 is 6.03 Å². The van der Waals surface area contributed by atoms with Gasteiger partial charge in [-0.05, 0) is 42.9 Å². The second kappa shape index (κ2) is 12.2. The summed E-state index contributed by atoms with van der Waals surface area (Å²) in [5.41, 5.74) is 1.68. The number of aryl methyl sites for hydroxylation is 1. The smallest absolute Gasteiger partial charge is 0.321 e. The molecule has 0 spiro atoms. The molecule has 0 radical (unpaired) electrons. The van der Waals surface area contributed by atoms with Crippen LogP contribution < -0.4 is 16.2 Å². The topological polar surface area (TPSA) is 93.1 Å². The monoisotopic (exact) mass is 466 g/mol. The van der Waals surface area contributed by atoms with Crippen LogP contribution in [0.15, 0.2) is 64.5 Å². The Labute approximate surface area is 198 Å². The fourth-order valence-electron chi connectivity index (χ4n) is 3.35. The van der Waals surface area contributed by atoms with Crippen molar-refractivity contribution in [1.29, 1.82) is 0 Å². The zero-order valence-electron chi connectivity index (χ0n) is 19.0. The number of hydrogen-bond acceptors (Lipinski definition) is 5. The van der Waals surface area contributed by atoms with Crippen molar-refractivity contribution in [2.75, 3.05) is 12.3 Å². The van der Waals surface area contributed by atoms with Gasteiger partial charge in [0.1, 0.15) is 0 Å². The first-order valence-electron chi connectivity index (χ1n) is 11.2. The van der Waals surface area contributed by atoms with Gasteiger partial charge in [0, 0.05) is 13.1 Å². The van der Waals surface area contributed by atoms with E-state index in [1.807, 2.05) is 30.3 Å². The summed E-state index contributed by atoms with van der Waals surface area (Å²) >= 11 is 1.16. The van der Waals surface area contributed by atoms with Gasteiger partial charge in [0.15, 0.2) is 5.16 Å². The molecule has 1 aromatic heterocycles. The molecular formula is C25H30N4O3S. The van der Waals surface area contributed by atoms with Crippen LogP contribution in [0.2, 0.25) is 0 Å². The SMILES string of the molecule is CC(C)CCNC(=O)NC(=O)CSc1nc2ccccc2c(=O)n1CCCc1ccccc1. The summed E-state index contributed by atoms with van der Waals surface area (Å²) < 4.78 is 1.63. The molecule has 0 unspecified atom stereocenters. The van der Waals surface area contributed by atoms with E-state index >= 15 is 0 Å². The Hall–Kier alpha value is -3.13.